The number of likely N-dealkylation sites (N-methyl/N-ethyl adjacent to an activating group) is 1. The predicted octanol–water partition coefficient (Wildman–Crippen LogP) is 2.48. The molecule has 2 fully saturated rings. The van der Waals surface area contributed by atoms with E-state index in [1.807, 2.05) is 25.1 Å². The maximum absolute atomic E-state index is 14.5. The highest BCUT2D eigenvalue weighted by molar-refractivity contribution is 6.25. The first-order valence-electron chi connectivity index (χ1n) is 15.4. The van der Waals surface area contributed by atoms with Crippen molar-refractivity contribution in [1.82, 2.24) is 10.2 Å². The first-order chi connectivity index (χ1) is 20.5. The van der Waals surface area contributed by atoms with Crippen molar-refractivity contribution in [2.24, 2.45) is 22.5 Å². The molecule has 0 spiro atoms. The van der Waals surface area contributed by atoms with E-state index in [0.717, 1.165) is 12.2 Å². The molecule has 4 atom stereocenters. The lowest BCUT2D eigenvalue weighted by atomic mass is 9.46. The summed E-state index contributed by atoms with van der Waals surface area (Å²) in [4.78, 5) is 43.8. The maximum Gasteiger partial charge on any atom is 0.255 e. The fourth-order valence-corrected chi connectivity index (χ4v) is 8.76. The van der Waals surface area contributed by atoms with Crippen LogP contribution in [0.2, 0.25) is 0 Å². The smallest absolute Gasteiger partial charge is 0.255 e. The maximum atomic E-state index is 14.5. The monoisotopic (exact) mass is 610 g/mol. The zero-order valence-electron chi connectivity index (χ0n) is 26.6. The van der Waals surface area contributed by atoms with Gasteiger partial charge < -0.3 is 36.4 Å². The fraction of sp³-hybridized carbons (Fsp3) is 0.606. The minimum atomic E-state index is -2.74. The third-order valence-corrected chi connectivity index (χ3v) is 10.6. The number of nitrogens with two attached hydrogens (primary N) is 1. The molecule has 2 saturated carbocycles. The number of carbonyl (C=O) groups is 3. The van der Waals surface area contributed by atoms with Gasteiger partial charge >= 0.3 is 0 Å². The summed E-state index contributed by atoms with van der Waals surface area (Å²) in [5.74, 6) is -4.26. The summed E-state index contributed by atoms with van der Waals surface area (Å²) in [5.41, 5.74) is 1.09. The van der Waals surface area contributed by atoms with Crippen LogP contribution in [0, 0.1) is 16.7 Å². The number of nitrogens with zero attached hydrogens (tertiary/aromatic N) is 2. The van der Waals surface area contributed by atoms with Crippen molar-refractivity contribution in [2.75, 3.05) is 39.6 Å². The normalized spacial score (nSPS) is 30.8. The van der Waals surface area contributed by atoms with Crippen LogP contribution < -0.4 is 16.0 Å². The van der Waals surface area contributed by atoms with Crippen LogP contribution in [-0.4, -0.2) is 89.2 Å². The number of hydrogen-bond acceptors (Lipinski definition) is 10. The highest BCUT2D eigenvalue weighted by atomic mass is 16.3. The minimum Gasteiger partial charge on any atom is -0.508 e. The molecule has 0 aromatic heterocycles. The number of phenols is 1. The van der Waals surface area contributed by atoms with Gasteiger partial charge in [0.1, 0.15) is 22.8 Å². The molecule has 5 rings (SSSR count). The Bertz CT molecular complexity index is 1490. The fourth-order valence-electron chi connectivity index (χ4n) is 8.76. The molecular weight excluding hydrogens is 564 g/mol. The van der Waals surface area contributed by atoms with Gasteiger partial charge in [-0.3, -0.25) is 19.3 Å². The summed E-state index contributed by atoms with van der Waals surface area (Å²) < 4.78 is 0. The zero-order chi connectivity index (χ0) is 32.5. The molecule has 0 heterocycles. The molecule has 1 aromatic rings. The SMILES string of the molecule is CN(C)c1cc(CNCC2CCCCC2)c(O)c2c1C[C@@]1(C)C[C@@]3(C)[C@H](N(C)C)C(=O)C(C(N)=O)=C(O)[C@@]3(O)C(=O)C1=C2O. The van der Waals surface area contributed by atoms with Gasteiger partial charge in [0, 0.05) is 48.3 Å². The average Bonchev–Trinajstić information content (AvgIpc) is 2.92. The standard InChI is InChI=1S/C33H46N4O7/c1-31-13-19-20(36(3)4)12-18(15-35-14-17-10-8-7-9-11-17)24(38)21(19)25(39)23(31)29(42)33(44)28(41)22(30(34)43)26(40)27(37(5)6)32(33,2)16-31/h12,17,27,35,38-39,41,44H,7-11,13-16H2,1-6H3,(H2,34,43)/t27-,31+,32+,33-/m1/s1. The van der Waals surface area contributed by atoms with Gasteiger partial charge in [-0.2, -0.15) is 0 Å². The molecule has 1 amide bonds. The van der Waals surface area contributed by atoms with E-state index in [9.17, 15) is 34.8 Å². The number of aromatic hydroxyl groups is 1. The molecular formula is C33H46N4O7. The summed E-state index contributed by atoms with van der Waals surface area (Å²) >= 11 is 0. The number of nitrogens with one attached hydrogen (secondary N) is 1. The molecule has 1 aromatic carbocycles. The molecule has 11 heteroatoms. The number of rotatable bonds is 7. The number of amides is 1. The van der Waals surface area contributed by atoms with E-state index in [1.54, 1.807) is 27.9 Å². The van der Waals surface area contributed by atoms with Gasteiger partial charge in [0.2, 0.25) is 5.78 Å². The Morgan fingerprint density at radius 3 is 2.27 bits per heavy atom. The molecule has 240 valence electrons. The number of hydrogen-bond donors (Lipinski definition) is 6. The molecule has 44 heavy (non-hydrogen) atoms. The Morgan fingerprint density at radius 2 is 1.70 bits per heavy atom. The molecule has 0 radical (unpaired) electrons. The van der Waals surface area contributed by atoms with E-state index in [0.29, 0.717) is 23.6 Å². The molecule has 0 saturated heterocycles. The topological polar surface area (TPSA) is 177 Å². The molecule has 4 aliphatic rings. The average molecular weight is 611 g/mol. The van der Waals surface area contributed by atoms with E-state index < -0.39 is 57.0 Å². The quantitative estimate of drug-likeness (QED) is 0.252. The second-order valence-corrected chi connectivity index (χ2v) is 14.2. The van der Waals surface area contributed by atoms with Crippen LogP contribution in [-0.2, 0) is 27.3 Å². The van der Waals surface area contributed by atoms with Crippen molar-refractivity contribution < 1.29 is 34.8 Å². The molecule has 0 unspecified atom stereocenters. The van der Waals surface area contributed by atoms with Crippen LogP contribution in [0.5, 0.6) is 5.75 Å². The van der Waals surface area contributed by atoms with Gasteiger partial charge in [-0.05, 0) is 63.9 Å². The summed E-state index contributed by atoms with van der Waals surface area (Å²) in [6.07, 6.45) is 6.23. The highest BCUT2D eigenvalue weighted by Gasteiger charge is 2.72. The Morgan fingerprint density at radius 1 is 1.07 bits per heavy atom. The number of benzene rings is 1. The van der Waals surface area contributed by atoms with Crippen molar-refractivity contribution >= 4 is 28.9 Å². The molecule has 11 nitrogen and oxygen atoms in total. The number of phenolic OH excluding ortho intramolecular Hbond substituents is 1. The molecule has 0 bridgehead atoms. The van der Waals surface area contributed by atoms with E-state index in [-0.39, 0.29) is 29.7 Å². The largest absolute Gasteiger partial charge is 0.508 e. The zero-order valence-corrected chi connectivity index (χ0v) is 26.6. The van der Waals surface area contributed by atoms with Crippen molar-refractivity contribution in [2.45, 2.75) is 77.0 Å². The Labute approximate surface area is 258 Å². The number of primary amides is 1. The minimum absolute atomic E-state index is 0.00983. The van der Waals surface area contributed by atoms with Crippen molar-refractivity contribution in [3.63, 3.8) is 0 Å². The lowest BCUT2D eigenvalue weighted by Gasteiger charge is -2.59. The molecule has 7 N–H and O–H groups in total. The van der Waals surface area contributed by atoms with Gasteiger partial charge in [0.05, 0.1) is 11.6 Å². The predicted molar refractivity (Wildman–Crippen MR) is 166 cm³/mol. The third-order valence-electron chi connectivity index (χ3n) is 10.6. The third kappa shape index (κ3) is 4.46. The van der Waals surface area contributed by atoms with E-state index in [1.165, 1.54) is 37.0 Å². The van der Waals surface area contributed by atoms with Crippen molar-refractivity contribution in [3.8, 4) is 5.75 Å². The lowest BCUT2D eigenvalue weighted by molar-refractivity contribution is -0.175. The van der Waals surface area contributed by atoms with E-state index in [4.69, 9.17) is 5.73 Å². The summed E-state index contributed by atoms with van der Waals surface area (Å²) in [6, 6.07) is 0.712. The van der Waals surface area contributed by atoms with Gasteiger partial charge in [-0.25, -0.2) is 0 Å². The van der Waals surface area contributed by atoms with Crippen LogP contribution in [0.4, 0.5) is 5.69 Å². The summed E-state index contributed by atoms with van der Waals surface area (Å²) in [6.45, 7) is 4.48. The van der Waals surface area contributed by atoms with Crippen LogP contribution in [0.25, 0.3) is 5.76 Å². The Hall–Kier alpha value is -3.41. The van der Waals surface area contributed by atoms with Gasteiger partial charge in [0.25, 0.3) is 5.91 Å². The number of fused-ring (bicyclic) bond motifs is 3. The Balaban J connectivity index is 1.67. The second-order valence-electron chi connectivity index (χ2n) is 14.2. The summed E-state index contributed by atoms with van der Waals surface area (Å²) in [7, 11) is 6.92. The Kier molecular flexibility index (Phi) is 7.92. The summed E-state index contributed by atoms with van der Waals surface area (Å²) in [5, 5.41) is 50.4. The van der Waals surface area contributed by atoms with E-state index in [2.05, 4.69) is 5.32 Å². The number of ketones is 2. The molecule has 0 aliphatic heterocycles. The van der Waals surface area contributed by atoms with Crippen LogP contribution >= 0.6 is 0 Å². The number of aliphatic hydroxyl groups is 3. The van der Waals surface area contributed by atoms with Gasteiger partial charge in [0.15, 0.2) is 11.4 Å². The highest BCUT2D eigenvalue weighted by Crippen LogP contribution is 2.63. The van der Waals surface area contributed by atoms with Crippen molar-refractivity contribution in [3.05, 3.63) is 39.7 Å². The van der Waals surface area contributed by atoms with Crippen LogP contribution in [0.1, 0.15) is 69.1 Å². The first kappa shape index (κ1) is 32.0. The number of carbonyl (C=O) groups excluding carboxylic acids is 3. The number of Topliss-reactive ketones (excluding diaryl/α,β-unsaturated/α-hetero) is 2. The second kappa shape index (κ2) is 10.9. The lowest BCUT2D eigenvalue weighted by Crippen LogP contribution is -2.72. The number of aliphatic hydroxyl groups excluding tert-OH is 2. The van der Waals surface area contributed by atoms with Gasteiger partial charge in [-0.15, -0.1) is 0 Å². The van der Waals surface area contributed by atoms with E-state index >= 15 is 0 Å². The number of anilines is 1. The van der Waals surface area contributed by atoms with Crippen LogP contribution in [0.15, 0.2) is 23.0 Å². The van der Waals surface area contributed by atoms with Crippen molar-refractivity contribution in [1.29, 1.82) is 0 Å². The molecule has 4 aliphatic carbocycles. The van der Waals surface area contributed by atoms with Gasteiger partial charge in [-0.1, -0.05) is 33.1 Å². The van der Waals surface area contributed by atoms with Crippen LogP contribution in [0.3, 0.4) is 0 Å². The first-order valence-corrected chi connectivity index (χ1v) is 15.4.